The van der Waals surface area contributed by atoms with Crippen molar-refractivity contribution in [3.63, 3.8) is 0 Å². The zero-order valence-electron chi connectivity index (χ0n) is 13.7. The van der Waals surface area contributed by atoms with E-state index in [2.05, 4.69) is 17.9 Å². The number of hydrogen-bond acceptors (Lipinski definition) is 3. The summed E-state index contributed by atoms with van der Waals surface area (Å²) in [6.45, 7) is 5.24. The third-order valence-corrected chi connectivity index (χ3v) is 4.40. The molecule has 0 saturated carbocycles. The number of anilines is 1. The maximum absolute atomic E-state index is 12.5. The number of nitrogens with zero attached hydrogens (tertiary/aromatic N) is 2. The Morgan fingerprint density at radius 3 is 2.30 bits per heavy atom. The normalized spacial score (nSPS) is 14.7. The minimum absolute atomic E-state index is 0.118. The fourth-order valence-electron chi connectivity index (χ4n) is 3.08. The highest BCUT2D eigenvalue weighted by molar-refractivity contribution is 5.94. The van der Waals surface area contributed by atoms with Crippen LogP contribution < -0.4 is 9.64 Å². The molecule has 2 aromatic carbocycles. The van der Waals surface area contributed by atoms with Gasteiger partial charge in [0.1, 0.15) is 5.75 Å². The summed E-state index contributed by atoms with van der Waals surface area (Å²) < 4.78 is 5.40. The standard InChI is InChI=1S/C19H22N2O2/c1-15-17(9-6-10-18(15)23-2)20-11-13-21(14-12-20)19(22)16-7-4-3-5-8-16/h3-10H,11-14H2,1-2H3. The molecule has 0 aromatic heterocycles. The van der Waals surface area contributed by atoms with Crippen molar-refractivity contribution < 1.29 is 9.53 Å². The van der Waals surface area contributed by atoms with Gasteiger partial charge in [0.25, 0.3) is 5.91 Å². The Hall–Kier alpha value is -2.49. The summed E-state index contributed by atoms with van der Waals surface area (Å²) in [6.07, 6.45) is 0. The molecule has 1 fully saturated rings. The van der Waals surface area contributed by atoms with Crippen molar-refractivity contribution in [2.45, 2.75) is 6.92 Å². The van der Waals surface area contributed by atoms with E-state index in [9.17, 15) is 4.79 Å². The highest BCUT2D eigenvalue weighted by Gasteiger charge is 2.23. The van der Waals surface area contributed by atoms with E-state index in [1.54, 1.807) is 7.11 Å². The Morgan fingerprint density at radius 1 is 0.957 bits per heavy atom. The van der Waals surface area contributed by atoms with E-state index in [-0.39, 0.29) is 5.91 Å². The monoisotopic (exact) mass is 310 g/mol. The second-order valence-corrected chi connectivity index (χ2v) is 5.75. The molecule has 3 rings (SSSR count). The van der Waals surface area contributed by atoms with Crippen molar-refractivity contribution in [3.8, 4) is 5.75 Å². The van der Waals surface area contributed by atoms with Gasteiger partial charge in [-0.3, -0.25) is 4.79 Å². The van der Waals surface area contributed by atoms with E-state index in [4.69, 9.17) is 4.74 Å². The molecule has 0 atom stereocenters. The fraction of sp³-hybridized carbons (Fsp3) is 0.316. The predicted molar refractivity (Wildman–Crippen MR) is 92.3 cm³/mol. The molecule has 0 aliphatic carbocycles. The molecular weight excluding hydrogens is 288 g/mol. The molecule has 4 heteroatoms. The summed E-state index contributed by atoms with van der Waals surface area (Å²) >= 11 is 0. The van der Waals surface area contributed by atoms with Crippen LogP contribution in [-0.4, -0.2) is 44.1 Å². The predicted octanol–water partition coefficient (Wildman–Crippen LogP) is 2.97. The van der Waals surface area contributed by atoms with Crippen molar-refractivity contribution in [2.24, 2.45) is 0 Å². The maximum atomic E-state index is 12.5. The summed E-state index contributed by atoms with van der Waals surface area (Å²) in [5.41, 5.74) is 3.10. The highest BCUT2D eigenvalue weighted by atomic mass is 16.5. The molecular formula is C19H22N2O2. The van der Waals surface area contributed by atoms with Crippen LogP contribution in [0.5, 0.6) is 5.75 Å². The van der Waals surface area contributed by atoms with Gasteiger partial charge >= 0.3 is 0 Å². The molecule has 2 aromatic rings. The molecule has 23 heavy (non-hydrogen) atoms. The summed E-state index contributed by atoms with van der Waals surface area (Å²) in [4.78, 5) is 16.8. The maximum Gasteiger partial charge on any atom is 0.253 e. The van der Waals surface area contributed by atoms with Gasteiger partial charge in [0.15, 0.2) is 0 Å². The number of hydrogen-bond donors (Lipinski definition) is 0. The van der Waals surface area contributed by atoms with Gasteiger partial charge in [-0.2, -0.15) is 0 Å². The number of methoxy groups -OCH3 is 1. The van der Waals surface area contributed by atoms with Gasteiger partial charge in [-0.05, 0) is 31.2 Å². The molecule has 1 saturated heterocycles. The Balaban J connectivity index is 1.68. The van der Waals surface area contributed by atoms with Crippen molar-refractivity contribution in [3.05, 3.63) is 59.7 Å². The van der Waals surface area contributed by atoms with Gasteiger partial charge in [-0.1, -0.05) is 24.3 Å². The summed E-state index contributed by atoms with van der Waals surface area (Å²) in [7, 11) is 1.70. The molecule has 0 radical (unpaired) electrons. The number of ether oxygens (including phenoxy) is 1. The Bertz CT molecular complexity index is 677. The van der Waals surface area contributed by atoms with Crippen LogP contribution in [0, 0.1) is 6.92 Å². The first-order valence-corrected chi connectivity index (χ1v) is 7.93. The molecule has 4 nitrogen and oxygen atoms in total. The smallest absolute Gasteiger partial charge is 0.253 e. The van der Waals surface area contributed by atoms with E-state index in [1.807, 2.05) is 47.4 Å². The van der Waals surface area contributed by atoms with E-state index >= 15 is 0 Å². The molecule has 1 amide bonds. The van der Waals surface area contributed by atoms with Gasteiger partial charge in [-0.25, -0.2) is 0 Å². The van der Waals surface area contributed by atoms with E-state index < -0.39 is 0 Å². The first-order chi connectivity index (χ1) is 11.2. The number of carbonyl (C=O) groups is 1. The number of carbonyl (C=O) groups excluding carboxylic acids is 1. The molecule has 120 valence electrons. The Kier molecular flexibility index (Phi) is 4.51. The van der Waals surface area contributed by atoms with Crippen molar-refractivity contribution in [1.82, 2.24) is 4.90 Å². The van der Waals surface area contributed by atoms with Crippen LogP contribution in [0.15, 0.2) is 48.5 Å². The van der Waals surface area contributed by atoms with Crippen LogP contribution >= 0.6 is 0 Å². The van der Waals surface area contributed by atoms with Gasteiger partial charge in [0.2, 0.25) is 0 Å². The average Bonchev–Trinajstić information content (AvgIpc) is 2.62. The van der Waals surface area contributed by atoms with Crippen LogP contribution in [0.25, 0.3) is 0 Å². The number of piperazine rings is 1. The van der Waals surface area contributed by atoms with Gasteiger partial charge in [0.05, 0.1) is 7.11 Å². The molecule has 1 heterocycles. The topological polar surface area (TPSA) is 32.8 Å². The lowest BCUT2D eigenvalue weighted by molar-refractivity contribution is 0.0747. The second kappa shape index (κ2) is 6.73. The SMILES string of the molecule is COc1cccc(N2CCN(C(=O)c3ccccc3)CC2)c1C. The third kappa shape index (κ3) is 3.16. The molecule has 0 spiro atoms. The zero-order valence-corrected chi connectivity index (χ0v) is 13.7. The lowest BCUT2D eigenvalue weighted by Crippen LogP contribution is -2.49. The number of benzene rings is 2. The Morgan fingerprint density at radius 2 is 1.65 bits per heavy atom. The minimum Gasteiger partial charge on any atom is -0.496 e. The molecule has 1 aliphatic heterocycles. The number of amides is 1. The summed E-state index contributed by atoms with van der Waals surface area (Å²) in [5.74, 6) is 1.03. The lowest BCUT2D eigenvalue weighted by atomic mass is 10.1. The van der Waals surface area contributed by atoms with Crippen LogP contribution in [-0.2, 0) is 0 Å². The minimum atomic E-state index is 0.118. The van der Waals surface area contributed by atoms with E-state index in [1.165, 1.54) is 5.69 Å². The van der Waals surface area contributed by atoms with Crippen LogP contribution in [0.3, 0.4) is 0 Å². The van der Waals surface area contributed by atoms with E-state index in [0.717, 1.165) is 43.1 Å². The Labute approximate surface area is 137 Å². The van der Waals surface area contributed by atoms with Crippen LogP contribution in [0.1, 0.15) is 15.9 Å². The third-order valence-electron chi connectivity index (χ3n) is 4.40. The molecule has 1 aliphatic rings. The first-order valence-electron chi connectivity index (χ1n) is 7.93. The molecule has 0 bridgehead atoms. The highest BCUT2D eigenvalue weighted by Crippen LogP contribution is 2.29. The quantitative estimate of drug-likeness (QED) is 0.874. The van der Waals surface area contributed by atoms with Crippen molar-refractivity contribution in [1.29, 1.82) is 0 Å². The zero-order chi connectivity index (χ0) is 16.2. The lowest BCUT2D eigenvalue weighted by Gasteiger charge is -2.37. The van der Waals surface area contributed by atoms with Gasteiger partial charge in [0, 0.05) is 43.0 Å². The van der Waals surface area contributed by atoms with Crippen molar-refractivity contribution in [2.75, 3.05) is 38.2 Å². The van der Waals surface area contributed by atoms with Gasteiger partial charge < -0.3 is 14.5 Å². The van der Waals surface area contributed by atoms with Crippen LogP contribution in [0.4, 0.5) is 5.69 Å². The fourth-order valence-corrected chi connectivity index (χ4v) is 3.08. The largest absolute Gasteiger partial charge is 0.496 e. The molecule has 0 N–H and O–H groups in total. The first kappa shape index (κ1) is 15.4. The van der Waals surface area contributed by atoms with Crippen LogP contribution in [0.2, 0.25) is 0 Å². The number of rotatable bonds is 3. The average molecular weight is 310 g/mol. The van der Waals surface area contributed by atoms with Gasteiger partial charge in [-0.15, -0.1) is 0 Å². The van der Waals surface area contributed by atoms with Crippen molar-refractivity contribution >= 4 is 11.6 Å². The second-order valence-electron chi connectivity index (χ2n) is 5.75. The van der Waals surface area contributed by atoms with E-state index in [0.29, 0.717) is 0 Å². The summed E-state index contributed by atoms with van der Waals surface area (Å²) in [5, 5.41) is 0. The molecule has 0 unspecified atom stereocenters. The summed E-state index contributed by atoms with van der Waals surface area (Å²) in [6, 6.07) is 15.6.